The van der Waals surface area contributed by atoms with E-state index in [0.717, 1.165) is 43.9 Å². The van der Waals surface area contributed by atoms with Crippen LogP contribution in [0, 0.1) is 15.9 Å². The predicted octanol–water partition coefficient (Wildman–Crippen LogP) is 2.16. The minimum atomic E-state index is -0.755. The van der Waals surface area contributed by atoms with Crippen LogP contribution >= 0.6 is 12.4 Å². The van der Waals surface area contributed by atoms with E-state index in [4.69, 9.17) is 5.73 Å². The zero-order chi connectivity index (χ0) is 14.7. The van der Waals surface area contributed by atoms with Crippen molar-refractivity contribution in [2.75, 3.05) is 0 Å². The van der Waals surface area contributed by atoms with Gasteiger partial charge in [0.25, 0.3) is 11.6 Å². The first-order chi connectivity index (χ1) is 9.47. The SMILES string of the molecule is Cl.NC1CCC(NC(=O)c2ccc(F)cc2[N+](=O)[O-])CC1. The molecule has 0 bridgehead atoms. The zero-order valence-corrected chi connectivity index (χ0v) is 12.1. The molecule has 0 saturated heterocycles. The van der Waals surface area contributed by atoms with Crippen molar-refractivity contribution >= 4 is 24.0 Å². The average Bonchev–Trinajstić information content (AvgIpc) is 2.41. The van der Waals surface area contributed by atoms with Gasteiger partial charge in [-0.25, -0.2) is 4.39 Å². The van der Waals surface area contributed by atoms with Crippen molar-refractivity contribution in [3.63, 3.8) is 0 Å². The van der Waals surface area contributed by atoms with Gasteiger partial charge < -0.3 is 11.1 Å². The van der Waals surface area contributed by atoms with Crippen molar-refractivity contribution in [3.05, 3.63) is 39.7 Å². The van der Waals surface area contributed by atoms with Gasteiger partial charge in [0.05, 0.1) is 11.0 Å². The number of benzene rings is 1. The number of nitrogens with two attached hydrogens (primary N) is 1. The summed E-state index contributed by atoms with van der Waals surface area (Å²) in [6.45, 7) is 0. The van der Waals surface area contributed by atoms with Gasteiger partial charge in [0.15, 0.2) is 0 Å². The fraction of sp³-hybridized carbons (Fsp3) is 0.462. The van der Waals surface area contributed by atoms with E-state index in [1.807, 2.05) is 0 Å². The highest BCUT2D eigenvalue weighted by Gasteiger charge is 2.25. The maximum atomic E-state index is 13.0. The van der Waals surface area contributed by atoms with Gasteiger partial charge >= 0.3 is 0 Å². The maximum Gasteiger partial charge on any atom is 0.285 e. The number of nitro benzene ring substituents is 1. The van der Waals surface area contributed by atoms with Crippen LogP contribution in [0.5, 0.6) is 0 Å². The number of amides is 1. The molecular weight excluding hydrogens is 301 g/mol. The minimum Gasteiger partial charge on any atom is -0.349 e. The number of nitrogens with one attached hydrogen (secondary N) is 1. The van der Waals surface area contributed by atoms with E-state index in [1.165, 1.54) is 0 Å². The summed E-state index contributed by atoms with van der Waals surface area (Å²) in [5.41, 5.74) is 5.14. The molecule has 1 aromatic rings. The Labute approximate surface area is 127 Å². The Balaban J connectivity index is 0.00000220. The van der Waals surface area contributed by atoms with Gasteiger partial charge in [0.2, 0.25) is 0 Å². The summed E-state index contributed by atoms with van der Waals surface area (Å²) in [7, 11) is 0. The molecule has 21 heavy (non-hydrogen) atoms. The molecule has 1 aliphatic rings. The highest BCUT2D eigenvalue weighted by Crippen LogP contribution is 2.22. The molecule has 2 rings (SSSR count). The van der Waals surface area contributed by atoms with E-state index in [0.29, 0.717) is 0 Å². The van der Waals surface area contributed by atoms with E-state index in [9.17, 15) is 19.3 Å². The molecule has 0 unspecified atom stereocenters. The fourth-order valence-corrected chi connectivity index (χ4v) is 2.37. The minimum absolute atomic E-state index is 0. The summed E-state index contributed by atoms with van der Waals surface area (Å²) in [6, 6.07) is 3.05. The monoisotopic (exact) mass is 317 g/mol. The van der Waals surface area contributed by atoms with Gasteiger partial charge in [-0.15, -0.1) is 12.4 Å². The topological polar surface area (TPSA) is 98.3 Å². The van der Waals surface area contributed by atoms with Gasteiger partial charge in [-0.1, -0.05) is 0 Å². The largest absolute Gasteiger partial charge is 0.349 e. The van der Waals surface area contributed by atoms with E-state index in [-0.39, 0.29) is 30.1 Å². The Morgan fingerprint density at radius 2 is 1.95 bits per heavy atom. The summed E-state index contributed by atoms with van der Waals surface area (Å²) >= 11 is 0. The molecule has 1 aliphatic carbocycles. The van der Waals surface area contributed by atoms with E-state index in [1.54, 1.807) is 0 Å². The first-order valence-corrected chi connectivity index (χ1v) is 6.47. The second-order valence-corrected chi connectivity index (χ2v) is 5.00. The molecule has 0 spiro atoms. The zero-order valence-electron chi connectivity index (χ0n) is 11.3. The lowest BCUT2D eigenvalue weighted by molar-refractivity contribution is -0.385. The Morgan fingerprint density at radius 1 is 1.33 bits per heavy atom. The van der Waals surface area contributed by atoms with Crippen LogP contribution in [0.25, 0.3) is 0 Å². The van der Waals surface area contributed by atoms with Crippen LogP contribution in [0.1, 0.15) is 36.0 Å². The fourth-order valence-electron chi connectivity index (χ4n) is 2.37. The highest BCUT2D eigenvalue weighted by atomic mass is 35.5. The van der Waals surface area contributed by atoms with Crippen LogP contribution in [0.4, 0.5) is 10.1 Å². The number of carbonyl (C=O) groups excluding carboxylic acids is 1. The lowest BCUT2D eigenvalue weighted by Crippen LogP contribution is -2.40. The second kappa shape index (κ2) is 7.33. The maximum absolute atomic E-state index is 13.0. The molecule has 0 radical (unpaired) electrons. The number of nitrogens with zero attached hydrogens (tertiary/aromatic N) is 1. The van der Waals surface area contributed by atoms with Crippen molar-refractivity contribution in [2.24, 2.45) is 5.73 Å². The van der Waals surface area contributed by atoms with Crippen LogP contribution in [0.2, 0.25) is 0 Å². The number of halogens is 2. The molecule has 8 heteroatoms. The molecule has 1 fully saturated rings. The standard InChI is InChI=1S/C13H16FN3O3.ClH/c14-8-1-6-11(12(7-8)17(19)20)13(18)16-10-4-2-9(15)3-5-10;/h1,6-7,9-10H,2-5,15H2,(H,16,18);1H. The summed E-state index contributed by atoms with van der Waals surface area (Å²) in [6.07, 6.45) is 3.14. The molecule has 3 N–H and O–H groups in total. The summed E-state index contributed by atoms with van der Waals surface area (Å²) < 4.78 is 13.0. The van der Waals surface area contributed by atoms with Crippen molar-refractivity contribution in [3.8, 4) is 0 Å². The van der Waals surface area contributed by atoms with Crippen molar-refractivity contribution in [1.29, 1.82) is 0 Å². The van der Waals surface area contributed by atoms with Crippen molar-refractivity contribution in [2.45, 2.75) is 37.8 Å². The third-order valence-corrected chi connectivity index (χ3v) is 3.51. The average molecular weight is 318 g/mol. The second-order valence-electron chi connectivity index (χ2n) is 5.00. The van der Waals surface area contributed by atoms with E-state index in [2.05, 4.69) is 5.32 Å². The molecule has 0 aromatic heterocycles. The number of hydrogen-bond donors (Lipinski definition) is 2. The molecule has 1 aromatic carbocycles. The summed E-state index contributed by atoms with van der Waals surface area (Å²) in [4.78, 5) is 22.2. The van der Waals surface area contributed by atoms with Crippen LogP contribution in [-0.4, -0.2) is 22.9 Å². The Kier molecular flexibility index (Phi) is 6.04. The molecule has 116 valence electrons. The molecule has 0 atom stereocenters. The van der Waals surface area contributed by atoms with Crippen molar-refractivity contribution < 1.29 is 14.1 Å². The third-order valence-electron chi connectivity index (χ3n) is 3.51. The van der Waals surface area contributed by atoms with Gasteiger partial charge in [0, 0.05) is 12.1 Å². The quantitative estimate of drug-likeness (QED) is 0.659. The lowest BCUT2D eigenvalue weighted by Gasteiger charge is -2.26. The van der Waals surface area contributed by atoms with Crippen molar-refractivity contribution in [1.82, 2.24) is 5.32 Å². The number of hydrogen-bond acceptors (Lipinski definition) is 4. The number of rotatable bonds is 3. The first kappa shape index (κ1) is 17.3. The lowest BCUT2D eigenvalue weighted by atomic mass is 9.91. The van der Waals surface area contributed by atoms with E-state index >= 15 is 0 Å². The molecule has 1 amide bonds. The highest BCUT2D eigenvalue weighted by molar-refractivity contribution is 5.98. The Bertz CT molecular complexity index is 533. The smallest absolute Gasteiger partial charge is 0.285 e. The van der Waals surface area contributed by atoms with Gasteiger partial charge in [-0.3, -0.25) is 14.9 Å². The number of nitro groups is 1. The summed E-state index contributed by atoms with van der Waals surface area (Å²) in [5.74, 6) is -1.28. The van der Waals surface area contributed by atoms with E-state index < -0.39 is 22.3 Å². The number of carbonyl (C=O) groups is 1. The third kappa shape index (κ3) is 4.37. The van der Waals surface area contributed by atoms with Crippen LogP contribution in [0.15, 0.2) is 18.2 Å². The van der Waals surface area contributed by atoms with Gasteiger partial charge in [-0.2, -0.15) is 0 Å². The first-order valence-electron chi connectivity index (χ1n) is 6.47. The van der Waals surface area contributed by atoms with Gasteiger partial charge in [-0.05, 0) is 37.8 Å². The van der Waals surface area contributed by atoms with Gasteiger partial charge in [0.1, 0.15) is 11.4 Å². The molecule has 0 heterocycles. The molecule has 0 aliphatic heterocycles. The van der Waals surface area contributed by atoms with Crippen LogP contribution < -0.4 is 11.1 Å². The molecule has 1 saturated carbocycles. The Morgan fingerprint density at radius 3 is 2.52 bits per heavy atom. The Hall–Kier alpha value is -1.73. The van der Waals surface area contributed by atoms with Crippen LogP contribution in [-0.2, 0) is 0 Å². The normalized spacial score (nSPS) is 21.2. The summed E-state index contributed by atoms with van der Waals surface area (Å²) in [5, 5.41) is 13.6. The predicted molar refractivity (Wildman–Crippen MR) is 78.0 cm³/mol. The van der Waals surface area contributed by atoms with Crippen LogP contribution in [0.3, 0.4) is 0 Å². The molecule has 6 nitrogen and oxygen atoms in total. The molecular formula is C13H17ClFN3O3.